The molecule has 1 atom stereocenters. The molecule has 1 aliphatic heterocycles. The maximum atomic E-state index is 12.5. The van der Waals surface area contributed by atoms with Crippen LogP contribution in [0.15, 0.2) is 64.8 Å². The summed E-state index contributed by atoms with van der Waals surface area (Å²) >= 11 is 1.08. The van der Waals surface area contributed by atoms with Crippen LogP contribution in [0.5, 0.6) is 0 Å². The molecule has 2 N–H and O–H groups in total. The van der Waals surface area contributed by atoms with Crippen molar-refractivity contribution in [2.45, 2.75) is 18.6 Å². The number of non-ortho nitro benzene ring substituents is 1. The molecule has 0 bridgehead atoms. The van der Waals surface area contributed by atoms with E-state index >= 15 is 0 Å². The van der Waals surface area contributed by atoms with Crippen LogP contribution in [0.1, 0.15) is 18.9 Å². The molecule has 3 rings (SSSR count). The van der Waals surface area contributed by atoms with Gasteiger partial charge < -0.3 is 10.6 Å². The van der Waals surface area contributed by atoms with Crippen molar-refractivity contribution in [1.82, 2.24) is 5.32 Å². The van der Waals surface area contributed by atoms with Crippen LogP contribution in [0.4, 0.5) is 11.4 Å². The smallest absolute Gasteiger partial charge is 0.271 e. The number of nitro benzene ring substituents is 1. The van der Waals surface area contributed by atoms with Gasteiger partial charge in [-0.25, -0.2) is 0 Å². The Balaban J connectivity index is 1.70. The molecule has 29 heavy (non-hydrogen) atoms. The molecular formula is C19H17N5O4S. The van der Waals surface area contributed by atoms with Crippen molar-refractivity contribution >= 4 is 45.8 Å². The number of benzene rings is 2. The van der Waals surface area contributed by atoms with Crippen molar-refractivity contribution in [2.75, 3.05) is 5.32 Å². The summed E-state index contributed by atoms with van der Waals surface area (Å²) < 4.78 is 0. The van der Waals surface area contributed by atoms with Gasteiger partial charge in [-0.3, -0.25) is 19.7 Å². The number of carbonyl (C=O) groups is 2. The van der Waals surface area contributed by atoms with Crippen LogP contribution in [-0.2, 0) is 9.59 Å². The lowest BCUT2D eigenvalue weighted by molar-refractivity contribution is -0.384. The van der Waals surface area contributed by atoms with E-state index in [4.69, 9.17) is 0 Å². The van der Waals surface area contributed by atoms with Crippen molar-refractivity contribution in [3.8, 4) is 0 Å². The van der Waals surface area contributed by atoms with E-state index in [-0.39, 0.29) is 28.9 Å². The highest BCUT2D eigenvalue weighted by Gasteiger charge is 2.30. The lowest BCUT2D eigenvalue weighted by atomic mass is 10.1. The minimum atomic E-state index is -0.728. The maximum absolute atomic E-state index is 12.5. The Hall–Kier alpha value is -3.53. The highest BCUT2D eigenvalue weighted by Crippen LogP contribution is 2.24. The van der Waals surface area contributed by atoms with Gasteiger partial charge in [-0.15, -0.1) is 5.10 Å². The molecule has 0 radical (unpaired) electrons. The molecule has 2 amide bonds. The zero-order valence-electron chi connectivity index (χ0n) is 15.4. The number of hydrogen-bond acceptors (Lipinski definition) is 7. The molecule has 1 heterocycles. The third-order valence-corrected chi connectivity index (χ3v) is 5.04. The highest BCUT2D eigenvalue weighted by atomic mass is 32.2. The monoisotopic (exact) mass is 411 g/mol. The maximum Gasteiger partial charge on any atom is 0.271 e. The molecule has 10 heteroatoms. The summed E-state index contributed by atoms with van der Waals surface area (Å²) in [6.07, 6.45) is -0.0359. The third-order valence-electron chi connectivity index (χ3n) is 3.97. The summed E-state index contributed by atoms with van der Waals surface area (Å²) in [4.78, 5) is 34.8. The van der Waals surface area contributed by atoms with Crippen LogP contribution < -0.4 is 10.6 Å². The normalized spacial score (nSPS) is 18.2. The van der Waals surface area contributed by atoms with Gasteiger partial charge >= 0.3 is 0 Å². The average molecular weight is 411 g/mol. The summed E-state index contributed by atoms with van der Waals surface area (Å²) in [5, 5.41) is 23.7. The molecule has 9 nitrogen and oxygen atoms in total. The van der Waals surface area contributed by atoms with Gasteiger partial charge in [0, 0.05) is 24.2 Å². The molecule has 1 fully saturated rings. The fraction of sp³-hybridized carbons (Fsp3) is 0.158. The van der Waals surface area contributed by atoms with Crippen molar-refractivity contribution < 1.29 is 14.5 Å². The molecule has 0 aromatic heterocycles. The molecule has 0 saturated carbocycles. The standard InChI is InChI=1S/C19H17N5O4S/c1-12(13-6-3-2-4-7-13)22-23-19-21-17(25)11-16(29-19)18(26)20-14-8-5-9-15(10-14)24(27)28/h2-10,16H,11H2,1H3,(H,20,26)(H,21,23,25). The van der Waals surface area contributed by atoms with Gasteiger partial charge in [0.15, 0.2) is 5.17 Å². The number of rotatable bonds is 5. The summed E-state index contributed by atoms with van der Waals surface area (Å²) in [6, 6.07) is 15.0. The second-order valence-corrected chi connectivity index (χ2v) is 7.30. The number of hydrogen-bond donors (Lipinski definition) is 2. The molecule has 2 aromatic carbocycles. The lowest BCUT2D eigenvalue weighted by Gasteiger charge is -2.21. The largest absolute Gasteiger partial charge is 0.325 e. The summed E-state index contributed by atoms with van der Waals surface area (Å²) in [6.45, 7) is 1.79. The second kappa shape index (κ2) is 9.11. The van der Waals surface area contributed by atoms with Gasteiger partial charge in [0.25, 0.3) is 5.69 Å². The van der Waals surface area contributed by atoms with E-state index in [9.17, 15) is 19.7 Å². The second-order valence-electron chi connectivity index (χ2n) is 6.11. The quantitative estimate of drug-likeness (QED) is 0.444. The molecule has 1 unspecified atom stereocenters. The molecule has 1 aliphatic rings. The van der Waals surface area contributed by atoms with Crippen LogP contribution in [0.25, 0.3) is 0 Å². The first-order valence-electron chi connectivity index (χ1n) is 8.62. The molecule has 1 saturated heterocycles. The zero-order valence-corrected chi connectivity index (χ0v) is 16.2. The summed E-state index contributed by atoms with van der Waals surface area (Å²) in [7, 11) is 0. The topological polar surface area (TPSA) is 126 Å². The Kier molecular flexibility index (Phi) is 6.35. The van der Waals surface area contributed by atoms with E-state index in [2.05, 4.69) is 20.8 Å². The highest BCUT2D eigenvalue weighted by molar-refractivity contribution is 8.15. The number of carbonyl (C=O) groups excluding carboxylic acids is 2. The van der Waals surface area contributed by atoms with Crippen LogP contribution in [0.2, 0.25) is 0 Å². The predicted octanol–water partition coefficient (Wildman–Crippen LogP) is 2.94. The number of amidine groups is 1. The predicted molar refractivity (Wildman–Crippen MR) is 112 cm³/mol. The van der Waals surface area contributed by atoms with E-state index < -0.39 is 16.1 Å². The number of thioether (sulfide) groups is 1. The van der Waals surface area contributed by atoms with E-state index in [1.807, 2.05) is 30.3 Å². The first-order chi connectivity index (χ1) is 13.9. The Morgan fingerprint density at radius 1 is 1.24 bits per heavy atom. The van der Waals surface area contributed by atoms with Crippen LogP contribution in [0.3, 0.4) is 0 Å². The number of amides is 2. The lowest BCUT2D eigenvalue weighted by Crippen LogP contribution is -2.41. The Morgan fingerprint density at radius 2 is 2.00 bits per heavy atom. The van der Waals surface area contributed by atoms with Crippen molar-refractivity contribution in [2.24, 2.45) is 10.2 Å². The minimum Gasteiger partial charge on any atom is -0.325 e. The minimum absolute atomic E-state index is 0.0359. The summed E-state index contributed by atoms with van der Waals surface area (Å²) in [5.41, 5.74) is 1.71. The average Bonchev–Trinajstić information content (AvgIpc) is 2.72. The Bertz CT molecular complexity index is 1010. The van der Waals surface area contributed by atoms with Crippen molar-refractivity contribution in [1.29, 1.82) is 0 Å². The first kappa shape index (κ1) is 20.2. The van der Waals surface area contributed by atoms with E-state index in [0.717, 1.165) is 17.3 Å². The summed E-state index contributed by atoms with van der Waals surface area (Å²) in [5.74, 6) is -0.795. The number of anilines is 1. The zero-order chi connectivity index (χ0) is 20.8. The Labute approximate surface area is 170 Å². The number of nitrogens with zero attached hydrogens (tertiary/aromatic N) is 3. The van der Waals surface area contributed by atoms with E-state index in [1.165, 1.54) is 18.2 Å². The van der Waals surface area contributed by atoms with Crippen LogP contribution in [-0.4, -0.2) is 32.9 Å². The molecule has 148 valence electrons. The molecule has 0 spiro atoms. The van der Waals surface area contributed by atoms with Crippen molar-refractivity contribution in [3.63, 3.8) is 0 Å². The van der Waals surface area contributed by atoms with Gasteiger partial charge in [-0.1, -0.05) is 48.2 Å². The fourth-order valence-corrected chi connectivity index (χ4v) is 3.45. The SMILES string of the molecule is CC(=NN=C1NC(=O)CC(C(=O)Nc2cccc([N+](=O)[O-])c2)S1)c1ccccc1. The Morgan fingerprint density at radius 3 is 2.72 bits per heavy atom. The number of nitrogens with one attached hydrogen (secondary N) is 2. The van der Waals surface area contributed by atoms with Crippen LogP contribution in [0, 0.1) is 10.1 Å². The first-order valence-corrected chi connectivity index (χ1v) is 9.50. The molecule has 0 aliphatic carbocycles. The van der Waals surface area contributed by atoms with Gasteiger partial charge in [0.2, 0.25) is 11.8 Å². The van der Waals surface area contributed by atoms with E-state index in [0.29, 0.717) is 5.71 Å². The van der Waals surface area contributed by atoms with Gasteiger partial charge in [-0.2, -0.15) is 5.10 Å². The van der Waals surface area contributed by atoms with Gasteiger partial charge in [-0.05, 0) is 18.6 Å². The fourth-order valence-electron chi connectivity index (χ4n) is 2.52. The number of nitro groups is 1. The van der Waals surface area contributed by atoms with Gasteiger partial charge in [0.05, 0.1) is 10.6 Å². The third kappa shape index (κ3) is 5.48. The van der Waals surface area contributed by atoms with Gasteiger partial charge in [0.1, 0.15) is 5.25 Å². The molecule has 2 aromatic rings. The van der Waals surface area contributed by atoms with Crippen LogP contribution >= 0.6 is 11.8 Å². The van der Waals surface area contributed by atoms with Crippen molar-refractivity contribution in [3.05, 3.63) is 70.3 Å². The molecular weight excluding hydrogens is 394 g/mol. The van der Waals surface area contributed by atoms with E-state index in [1.54, 1.807) is 13.0 Å².